The van der Waals surface area contributed by atoms with Gasteiger partial charge in [-0.2, -0.15) is 0 Å². The molecule has 1 aromatic rings. The van der Waals surface area contributed by atoms with Crippen LogP contribution in [-0.2, 0) is 10.8 Å². The van der Waals surface area contributed by atoms with Crippen molar-refractivity contribution in [2.75, 3.05) is 0 Å². The third-order valence-electron chi connectivity index (χ3n) is 3.88. The van der Waals surface area contributed by atoms with Crippen LogP contribution >= 0.6 is 0 Å². The van der Waals surface area contributed by atoms with Crippen molar-refractivity contribution < 1.29 is 4.42 Å². The number of hydrogen-bond donors (Lipinski definition) is 0. The van der Waals surface area contributed by atoms with Gasteiger partial charge < -0.3 is 4.42 Å². The molecular formula is C20H36O. The Hall–Kier alpha value is -0.720. The summed E-state index contributed by atoms with van der Waals surface area (Å²) in [5, 5.41) is 0. The van der Waals surface area contributed by atoms with E-state index >= 15 is 0 Å². The second-order valence-electron chi connectivity index (χ2n) is 10.4. The summed E-state index contributed by atoms with van der Waals surface area (Å²) in [4.78, 5) is 0. The lowest BCUT2D eigenvalue weighted by molar-refractivity contribution is 0.219. The summed E-state index contributed by atoms with van der Waals surface area (Å²) in [6.45, 7) is 22.9. The first-order valence-electron chi connectivity index (χ1n) is 8.23. The quantitative estimate of drug-likeness (QED) is 0.601. The molecule has 0 aliphatic rings. The summed E-state index contributed by atoms with van der Waals surface area (Å²) in [5.41, 5.74) is 0.761. The molecule has 0 N–H and O–H groups in total. The SMILES string of the molecule is CC(C)(C)CC(C)(C)c1ccc(C(C)(C)CC(C)(C)C)o1. The summed E-state index contributed by atoms with van der Waals surface area (Å²) in [6, 6.07) is 4.37. The van der Waals surface area contributed by atoms with Crippen molar-refractivity contribution in [3.8, 4) is 0 Å². The van der Waals surface area contributed by atoms with Crippen LogP contribution in [0, 0.1) is 10.8 Å². The van der Waals surface area contributed by atoms with Crippen LogP contribution in [0.3, 0.4) is 0 Å². The first kappa shape index (κ1) is 18.3. The third-order valence-corrected chi connectivity index (χ3v) is 3.88. The molecule has 1 heterocycles. The van der Waals surface area contributed by atoms with Gasteiger partial charge in [0.05, 0.1) is 0 Å². The highest BCUT2D eigenvalue weighted by molar-refractivity contribution is 5.21. The lowest BCUT2D eigenvalue weighted by Gasteiger charge is -2.32. The van der Waals surface area contributed by atoms with E-state index in [4.69, 9.17) is 4.42 Å². The van der Waals surface area contributed by atoms with Gasteiger partial charge in [-0.05, 0) is 35.8 Å². The lowest BCUT2D eigenvalue weighted by atomic mass is 9.75. The molecule has 0 amide bonds. The zero-order valence-corrected chi connectivity index (χ0v) is 16.0. The predicted octanol–water partition coefficient (Wildman–Crippen LogP) is 6.71. The van der Waals surface area contributed by atoms with Crippen molar-refractivity contribution in [1.82, 2.24) is 0 Å². The molecule has 1 heteroatoms. The van der Waals surface area contributed by atoms with Crippen molar-refractivity contribution in [3.05, 3.63) is 23.7 Å². The molecule has 0 unspecified atom stereocenters. The van der Waals surface area contributed by atoms with Crippen molar-refractivity contribution in [2.45, 2.75) is 92.9 Å². The minimum absolute atomic E-state index is 0.0777. The fraction of sp³-hybridized carbons (Fsp3) is 0.800. The first-order valence-corrected chi connectivity index (χ1v) is 8.23. The van der Waals surface area contributed by atoms with Crippen LogP contribution in [0.15, 0.2) is 16.5 Å². The second-order valence-corrected chi connectivity index (χ2v) is 10.4. The fourth-order valence-electron chi connectivity index (χ4n) is 3.89. The fourth-order valence-corrected chi connectivity index (χ4v) is 3.89. The maximum Gasteiger partial charge on any atom is 0.109 e. The van der Waals surface area contributed by atoms with Crippen LogP contribution in [0.5, 0.6) is 0 Å². The second kappa shape index (κ2) is 5.48. The molecule has 1 nitrogen and oxygen atoms in total. The Labute approximate surface area is 132 Å². The standard InChI is InChI=1S/C20H36O/c1-17(2,3)13-19(7,8)15-11-12-16(21-15)20(9,10)14-18(4,5)6/h11-12H,13-14H2,1-10H3. The Bertz CT molecular complexity index is 418. The summed E-state index contributed by atoms with van der Waals surface area (Å²) in [5.74, 6) is 2.24. The van der Waals surface area contributed by atoms with E-state index in [2.05, 4.69) is 81.4 Å². The Morgan fingerprint density at radius 2 is 0.905 bits per heavy atom. The molecule has 0 fully saturated rings. The average Bonchev–Trinajstić information content (AvgIpc) is 2.57. The molecule has 0 saturated heterocycles. The minimum Gasteiger partial charge on any atom is -0.465 e. The van der Waals surface area contributed by atoms with Crippen molar-refractivity contribution >= 4 is 0 Å². The number of hydrogen-bond acceptors (Lipinski definition) is 1. The molecular weight excluding hydrogens is 256 g/mol. The monoisotopic (exact) mass is 292 g/mol. The molecule has 0 aliphatic carbocycles. The summed E-state index contributed by atoms with van der Waals surface area (Å²) >= 11 is 0. The van der Waals surface area contributed by atoms with Gasteiger partial charge in [0.15, 0.2) is 0 Å². The molecule has 1 rings (SSSR count). The van der Waals surface area contributed by atoms with Crippen LogP contribution in [-0.4, -0.2) is 0 Å². The van der Waals surface area contributed by atoms with Crippen LogP contribution in [0.4, 0.5) is 0 Å². The topological polar surface area (TPSA) is 13.1 Å². The zero-order chi connectivity index (χ0) is 16.7. The summed E-state index contributed by atoms with van der Waals surface area (Å²) < 4.78 is 6.30. The molecule has 21 heavy (non-hydrogen) atoms. The largest absolute Gasteiger partial charge is 0.465 e. The highest BCUT2D eigenvalue weighted by Gasteiger charge is 2.34. The van der Waals surface area contributed by atoms with E-state index in [0.29, 0.717) is 10.8 Å². The zero-order valence-electron chi connectivity index (χ0n) is 16.0. The van der Waals surface area contributed by atoms with Gasteiger partial charge in [0.1, 0.15) is 11.5 Å². The van der Waals surface area contributed by atoms with Crippen molar-refractivity contribution in [1.29, 1.82) is 0 Å². The van der Waals surface area contributed by atoms with Gasteiger partial charge in [-0.15, -0.1) is 0 Å². The van der Waals surface area contributed by atoms with Gasteiger partial charge in [-0.3, -0.25) is 0 Å². The maximum absolute atomic E-state index is 6.30. The summed E-state index contributed by atoms with van der Waals surface area (Å²) in [7, 11) is 0. The van der Waals surface area contributed by atoms with Gasteiger partial charge in [-0.1, -0.05) is 69.2 Å². The Kier molecular flexibility index (Phi) is 4.79. The summed E-state index contributed by atoms with van der Waals surface area (Å²) in [6.07, 6.45) is 2.24. The molecule has 122 valence electrons. The molecule has 0 atom stereocenters. The van der Waals surface area contributed by atoms with Crippen molar-refractivity contribution in [2.24, 2.45) is 10.8 Å². The van der Waals surface area contributed by atoms with E-state index in [1.807, 2.05) is 0 Å². The van der Waals surface area contributed by atoms with Crippen LogP contribution in [0.2, 0.25) is 0 Å². The first-order chi connectivity index (χ1) is 9.12. The molecule has 1 aromatic heterocycles. The number of rotatable bonds is 4. The third kappa shape index (κ3) is 5.52. The molecule has 0 aliphatic heterocycles. The molecule has 0 bridgehead atoms. The van der Waals surface area contributed by atoms with Gasteiger partial charge in [0.2, 0.25) is 0 Å². The molecule has 0 radical (unpaired) electrons. The Morgan fingerprint density at radius 1 is 0.619 bits per heavy atom. The molecule has 0 aromatic carbocycles. The van der Waals surface area contributed by atoms with Crippen LogP contribution in [0.25, 0.3) is 0 Å². The van der Waals surface area contributed by atoms with E-state index in [-0.39, 0.29) is 10.8 Å². The van der Waals surface area contributed by atoms with Crippen molar-refractivity contribution in [3.63, 3.8) is 0 Å². The highest BCUT2D eigenvalue weighted by Crippen LogP contribution is 2.41. The lowest BCUT2D eigenvalue weighted by Crippen LogP contribution is -2.25. The highest BCUT2D eigenvalue weighted by atomic mass is 16.3. The van der Waals surface area contributed by atoms with E-state index in [1.165, 1.54) is 0 Å². The Morgan fingerprint density at radius 3 is 1.14 bits per heavy atom. The molecule has 0 saturated carbocycles. The van der Waals surface area contributed by atoms with Gasteiger partial charge in [0, 0.05) is 10.8 Å². The van der Waals surface area contributed by atoms with E-state index in [1.54, 1.807) is 0 Å². The van der Waals surface area contributed by atoms with Gasteiger partial charge in [-0.25, -0.2) is 0 Å². The minimum atomic E-state index is 0.0777. The van der Waals surface area contributed by atoms with E-state index in [0.717, 1.165) is 24.4 Å². The van der Waals surface area contributed by atoms with Crippen LogP contribution < -0.4 is 0 Å². The maximum atomic E-state index is 6.30. The number of furan rings is 1. The van der Waals surface area contributed by atoms with Crippen LogP contribution in [0.1, 0.15) is 93.6 Å². The average molecular weight is 293 g/mol. The van der Waals surface area contributed by atoms with E-state index < -0.39 is 0 Å². The molecule has 0 spiro atoms. The normalized spacial score (nSPS) is 14.6. The smallest absolute Gasteiger partial charge is 0.109 e. The van der Waals surface area contributed by atoms with E-state index in [9.17, 15) is 0 Å². The predicted molar refractivity (Wildman–Crippen MR) is 92.9 cm³/mol. The Balaban J connectivity index is 3.00. The van der Waals surface area contributed by atoms with Gasteiger partial charge >= 0.3 is 0 Å². The van der Waals surface area contributed by atoms with Gasteiger partial charge in [0.25, 0.3) is 0 Å².